The predicted octanol–water partition coefficient (Wildman–Crippen LogP) is -3.33. The number of phosphoric acid groups is 1. The van der Waals surface area contributed by atoms with Gasteiger partial charge in [-0.2, -0.15) is 7.82 Å². The van der Waals surface area contributed by atoms with E-state index < -0.39 is 7.82 Å². The second kappa shape index (κ2) is 9.21. The first-order valence-corrected chi connectivity index (χ1v) is 2.19. The fourth-order valence-electron chi connectivity index (χ4n) is 0. The number of hydrogen-bond donors (Lipinski definition) is 0. The molecule has 0 heterocycles. The van der Waals surface area contributed by atoms with Crippen molar-refractivity contribution in [1.29, 1.82) is 0 Å². The topological polar surface area (TPSA) is 115 Å². The molecule has 40 valence electrons. The van der Waals surface area contributed by atoms with Crippen LogP contribution in [0.25, 0.3) is 0 Å². The Morgan fingerprint density at radius 1 is 1.12 bits per heavy atom. The summed E-state index contributed by atoms with van der Waals surface area (Å²) in [5, 5.41) is 0. The molecule has 8 heavy (non-hydrogen) atoms. The standard InChI is InChI=1S/Ca.H3O4P.O.Zr/c;1-5(2,3)4;;/h;(H3,1,2,3,4);;/q+2;;-2;+4/p-3. The first-order chi connectivity index (χ1) is 2.00. The summed E-state index contributed by atoms with van der Waals surface area (Å²) in [5.74, 6) is 0. The summed E-state index contributed by atoms with van der Waals surface area (Å²) in [7, 11) is -5.39. The minimum absolute atomic E-state index is 0. The van der Waals surface area contributed by atoms with Gasteiger partial charge in [-0.15, -0.1) is 0 Å². The third kappa shape index (κ3) is 87.3. The predicted molar refractivity (Wildman–Crippen MR) is 14.0 cm³/mol. The van der Waals surface area contributed by atoms with Crippen molar-refractivity contribution in [3.8, 4) is 0 Å². The number of hydrogen-bond acceptors (Lipinski definition) is 4. The largest absolute Gasteiger partial charge is 4.00 e. The third-order valence-electron chi connectivity index (χ3n) is 0. The Hall–Kier alpha value is 2.21. The second-order valence-electron chi connectivity index (χ2n) is 0.447. The first kappa shape index (κ1) is 22.5. The van der Waals surface area contributed by atoms with Crippen molar-refractivity contribution in [2.24, 2.45) is 0 Å². The molecule has 0 aliphatic carbocycles. The fraction of sp³-hybridized carbons (Fsp3) is 0. The average molecular weight is 242 g/mol. The van der Waals surface area contributed by atoms with Gasteiger partial charge in [0.1, 0.15) is 0 Å². The molecule has 0 bridgehead atoms. The Balaban J connectivity index is -0.0000000267. The fourth-order valence-corrected chi connectivity index (χ4v) is 0. The Morgan fingerprint density at radius 3 is 1.12 bits per heavy atom. The van der Waals surface area contributed by atoms with E-state index in [0.717, 1.165) is 0 Å². The molecule has 0 aliphatic heterocycles. The summed E-state index contributed by atoms with van der Waals surface area (Å²) >= 11 is 0. The second-order valence-corrected chi connectivity index (χ2v) is 1.34. The van der Waals surface area contributed by atoms with Crippen LogP contribution in [-0.4, -0.2) is 37.7 Å². The zero-order chi connectivity index (χ0) is 4.50. The summed E-state index contributed by atoms with van der Waals surface area (Å²) in [6.45, 7) is 0. The molecule has 0 saturated carbocycles. The smallest absolute Gasteiger partial charge is 2.00 e. The minimum Gasteiger partial charge on any atom is -2.00 e. The maximum atomic E-state index is 8.55. The Kier molecular flexibility index (Phi) is 25.9. The van der Waals surface area contributed by atoms with E-state index in [9.17, 15) is 0 Å². The maximum absolute atomic E-state index is 8.55. The van der Waals surface area contributed by atoms with E-state index in [4.69, 9.17) is 19.2 Å². The Morgan fingerprint density at radius 2 is 1.12 bits per heavy atom. The molecule has 8 heteroatoms. The third-order valence-corrected chi connectivity index (χ3v) is 0. The summed E-state index contributed by atoms with van der Waals surface area (Å²) in [6.07, 6.45) is 0. The van der Waals surface area contributed by atoms with Crippen LogP contribution < -0.4 is 14.7 Å². The van der Waals surface area contributed by atoms with Gasteiger partial charge >= 0.3 is 63.9 Å². The molecule has 0 rings (SSSR count). The van der Waals surface area contributed by atoms with Crippen molar-refractivity contribution in [2.75, 3.05) is 0 Å². The first-order valence-electron chi connectivity index (χ1n) is 0.730. The molecule has 0 N–H and O–H groups in total. The van der Waals surface area contributed by atoms with Crippen LogP contribution in [0, 0.1) is 0 Å². The van der Waals surface area contributed by atoms with Crippen LogP contribution in [0.2, 0.25) is 0 Å². The van der Waals surface area contributed by atoms with Crippen molar-refractivity contribution >= 4 is 45.6 Å². The molecule has 0 aromatic heterocycles. The van der Waals surface area contributed by atoms with E-state index >= 15 is 0 Å². The van der Waals surface area contributed by atoms with Crippen molar-refractivity contribution in [2.45, 2.75) is 0 Å². The molecule has 0 radical (unpaired) electrons. The minimum atomic E-state index is -5.39. The monoisotopic (exact) mass is 241 g/mol. The van der Waals surface area contributed by atoms with Gasteiger partial charge in [-0.25, -0.2) is 0 Å². The molecule has 0 aliphatic rings. The van der Waals surface area contributed by atoms with Gasteiger partial charge in [-0.05, 0) is 0 Å². The SMILES string of the molecule is O=P([O-])([O-])[O-].[Ca+2].[O-2].[Zr+4]. The van der Waals surface area contributed by atoms with Gasteiger partial charge in [0.15, 0.2) is 0 Å². The molecule has 0 atom stereocenters. The Bertz CT molecular complexity index is 58.6. The van der Waals surface area contributed by atoms with Crippen LogP contribution in [0.5, 0.6) is 0 Å². The molecule has 0 saturated heterocycles. The van der Waals surface area contributed by atoms with Crippen LogP contribution >= 0.6 is 7.82 Å². The van der Waals surface area contributed by atoms with E-state index in [0.29, 0.717) is 0 Å². The van der Waals surface area contributed by atoms with Crippen LogP contribution in [0.3, 0.4) is 0 Å². The quantitative estimate of drug-likeness (QED) is 0.326. The summed E-state index contributed by atoms with van der Waals surface area (Å²) < 4.78 is 8.55. The van der Waals surface area contributed by atoms with Crippen molar-refractivity contribution in [3.05, 3.63) is 0 Å². The molecule has 0 spiro atoms. The van der Waals surface area contributed by atoms with Gasteiger partial charge in [-0.1, -0.05) is 0 Å². The molecule has 0 aromatic carbocycles. The van der Waals surface area contributed by atoms with Crippen LogP contribution in [0.4, 0.5) is 0 Å². The number of rotatable bonds is 0. The summed E-state index contributed by atoms with van der Waals surface area (Å²) in [4.78, 5) is 25.6. The van der Waals surface area contributed by atoms with E-state index in [-0.39, 0.29) is 69.4 Å². The van der Waals surface area contributed by atoms with Gasteiger partial charge in [0.25, 0.3) is 0 Å². The van der Waals surface area contributed by atoms with Gasteiger partial charge in [0, 0.05) is 0 Å². The molecular formula is CaO5PZr+. The molecular weight excluding hydrogens is 242 g/mol. The summed E-state index contributed by atoms with van der Waals surface area (Å²) in [6, 6.07) is 0. The van der Waals surface area contributed by atoms with Crippen LogP contribution in [-0.2, 0) is 36.2 Å². The molecule has 0 aromatic rings. The van der Waals surface area contributed by atoms with Gasteiger partial charge < -0.3 is 24.7 Å². The van der Waals surface area contributed by atoms with Gasteiger partial charge in [-0.3, -0.25) is 0 Å². The van der Waals surface area contributed by atoms with E-state index in [1.165, 1.54) is 0 Å². The molecule has 0 amide bonds. The maximum Gasteiger partial charge on any atom is 4.00 e. The molecule has 5 nitrogen and oxygen atoms in total. The molecule has 0 fully saturated rings. The molecule has 0 unspecified atom stereocenters. The van der Waals surface area contributed by atoms with Crippen molar-refractivity contribution in [1.82, 2.24) is 0 Å². The average Bonchev–Trinajstić information content (AvgIpc) is 0.722. The van der Waals surface area contributed by atoms with Crippen molar-refractivity contribution in [3.63, 3.8) is 0 Å². The zero-order valence-corrected chi connectivity index (χ0v) is 9.26. The van der Waals surface area contributed by atoms with E-state index in [1.807, 2.05) is 0 Å². The van der Waals surface area contributed by atoms with Gasteiger partial charge in [0.05, 0.1) is 0 Å². The van der Waals surface area contributed by atoms with Crippen LogP contribution in [0.15, 0.2) is 0 Å². The zero-order valence-electron chi connectivity index (χ0n) is 3.70. The Labute approximate surface area is 95.2 Å². The van der Waals surface area contributed by atoms with Crippen LogP contribution in [0.1, 0.15) is 0 Å². The van der Waals surface area contributed by atoms with E-state index in [1.54, 1.807) is 0 Å². The van der Waals surface area contributed by atoms with E-state index in [2.05, 4.69) is 0 Å². The van der Waals surface area contributed by atoms with Crippen molar-refractivity contribution < 1.29 is 50.9 Å². The normalized spacial score (nSPS) is 7.38. The van der Waals surface area contributed by atoms with Gasteiger partial charge in [0.2, 0.25) is 0 Å². The summed E-state index contributed by atoms with van der Waals surface area (Å²) in [5.41, 5.74) is 0.